The van der Waals surface area contributed by atoms with E-state index in [0.717, 1.165) is 38.9 Å². The molecule has 0 spiro atoms. The van der Waals surface area contributed by atoms with Crippen LogP contribution in [0.2, 0.25) is 0 Å². The fraction of sp³-hybridized carbons (Fsp3) is 0.900. The summed E-state index contributed by atoms with van der Waals surface area (Å²) in [6.45, 7) is 3.05. The van der Waals surface area contributed by atoms with E-state index in [0.29, 0.717) is 6.54 Å². The van der Waals surface area contributed by atoms with E-state index in [1.807, 2.05) is 4.90 Å². The van der Waals surface area contributed by atoms with E-state index in [4.69, 9.17) is 10.8 Å². The Hall–Kier alpha value is -0.650. The average molecular weight is 213 g/mol. The van der Waals surface area contributed by atoms with E-state index in [9.17, 15) is 4.79 Å². The molecule has 2 aliphatic rings. The van der Waals surface area contributed by atoms with Crippen molar-refractivity contribution < 1.29 is 9.90 Å². The maximum atomic E-state index is 11.0. The molecule has 4 N–H and O–H groups in total. The van der Waals surface area contributed by atoms with E-state index < -0.39 is 5.97 Å². The zero-order chi connectivity index (χ0) is 10.9. The maximum absolute atomic E-state index is 11.0. The molecular formula is C10H19N3O2. The predicted octanol–water partition coefficient (Wildman–Crippen LogP) is -0.774. The summed E-state index contributed by atoms with van der Waals surface area (Å²) in [7, 11) is 0. The summed E-state index contributed by atoms with van der Waals surface area (Å²) in [4.78, 5) is 13.0. The van der Waals surface area contributed by atoms with Crippen LogP contribution in [0.3, 0.4) is 0 Å². The van der Waals surface area contributed by atoms with Gasteiger partial charge in [-0.1, -0.05) is 0 Å². The van der Waals surface area contributed by atoms with Gasteiger partial charge in [-0.25, -0.2) is 0 Å². The lowest BCUT2D eigenvalue weighted by Crippen LogP contribution is -2.55. The fourth-order valence-corrected chi connectivity index (χ4v) is 2.03. The summed E-state index contributed by atoms with van der Waals surface area (Å²) in [5.41, 5.74) is 6.02. The number of carbonyl (C=O) groups is 1. The molecule has 0 aromatic heterocycles. The van der Waals surface area contributed by atoms with Gasteiger partial charge in [0, 0.05) is 31.7 Å². The average Bonchev–Trinajstić information content (AvgIpc) is 2.95. The maximum Gasteiger partial charge on any atom is 0.322 e. The third kappa shape index (κ3) is 2.68. The Bertz CT molecular complexity index is 253. The number of carboxylic acid groups (broad SMARTS) is 1. The zero-order valence-electron chi connectivity index (χ0n) is 8.91. The number of nitrogens with two attached hydrogens (primary N) is 1. The molecule has 86 valence electrons. The lowest BCUT2D eigenvalue weighted by Gasteiger charge is -2.34. The van der Waals surface area contributed by atoms with Gasteiger partial charge in [0.05, 0.1) is 0 Å². The van der Waals surface area contributed by atoms with Gasteiger partial charge in [0.2, 0.25) is 0 Å². The SMILES string of the molecule is NC1(CCN2CCNCC2C(=O)O)CC1. The Balaban J connectivity index is 1.84. The Labute approximate surface area is 89.6 Å². The molecule has 0 radical (unpaired) electrons. The van der Waals surface area contributed by atoms with Gasteiger partial charge in [-0.2, -0.15) is 0 Å². The highest BCUT2D eigenvalue weighted by atomic mass is 16.4. The number of hydrogen-bond donors (Lipinski definition) is 3. The predicted molar refractivity (Wildman–Crippen MR) is 56.6 cm³/mol. The van der Waals surface area contributed by atoms with Crippen molar-refractivity contribution in [3.8, 4) is 0 Å². The molecule has 0 aromatic carbocycles. The lowest BCUT2D eigenvalue weighted by atomic mass is 10.1. The molecule has 1 heterocycles. The van der Waals surface area contributed by atoms with Crippen LogP contribution in [0.15, 0.2) is 0 Å². The highest BCUT2D eigenvalue weighted by Gasteiger charge is 2.39. The number of carboxylic acids is 1. The summed E-state index contributed by atoms with van der Waals surface area (Å²) in [5.74, 6) is -0.732. The van der Waals surface area contributed by atoms with E-state index in [-0.39, 0.29) is 11.6 Å². The molecule has 1 atom stereocenters. The topological polar surface area (TPSA) is 78.6 Å². The minimum atomic E-state index is -0.732. The van der Waals surface area contributed by atoms with Crippen LogP contribution in [0, 0.1) is 0 Å². The first kappa shape index (κ1) is 10.9. The first-order valence-corrected chi connectivity index (χ1v) is 5.57. The summed E-state index contributed by atoms with van der Waals surface area (Å²) < 4.78 is 0. The Morgan fingerprint density at radius 3 is 2.93 bits per heavy atom. The number of rotatable bonds is 4. The lowest BCUT2D eigenvalue weighted by molar-refractivity contribution is -0.144. The van der Waals surface area contributed by atoms with Crippen LogP contribution >= 0.6 is 0 Å². The van der Waals surface area contributed by atoms with Gasteiger partial charge < -0.3 is 16.2 Å². The Morgan fingerprint density at radius 1 is 1.60 bits per heavy atom. The summed E-state index contributed by atoms with van der Waals surface area (Å²) in [6, 6.07) is -0.374. The molecule has 5 heteroatoms. The summed E-state index contributed by atoms with van der Waals surface area (Å²) >= 11 is 0. The van der Waals surface area contributed by atoms with Crippen molar-refractivity contribution in [1.29, 1.82) is 0 Å². The number of piperazine rings is 1. The molecule has 1 saturated heterocycles. The first-order valence-electron chi connectivity index (χ1n) is 5.57. The van der Waals surface area contributed by atoms with E-state index in [2.05, 4.69) is 5.32 Å². The highest BCUT2D eigenvalue weighted by molar-refractivity contribution is 5.73. The third-order valence-electron chi connectivity index (χ3n) is 3.43. The minimum Gasteiger partial charge on any atom is -0.480 e. The van der Waals surface area contributed by atoms with Crippen LogP contribution in [0.5, 0.6) is 0 Å². The largest absolute Gasteiger partial charge is 0.480 e. The molecule has 0 amide bonds. The van der Waals surface area contributed by atoms with Crippen LogP contribution < -0.4 is 11.1 Å². The number of aliphatic carboxylic acids is 1. The van der Waals surface area contributed by atoms with Crippen molar-refractivity contribution in [2.45, 2.75) is 30.8 Å². The van der Waals surface area contributed by atoms with E-state index >= 15 is 0 Å². The molecule has 2 rings (SSSR count). The van der Waals surface area contributed by atoms with Gasteiger partial charge >= 0.3 is 5.97 Å². The smallest absolute Gasteiger partial charge is 0.322 e. The highest BCUT2D eigenvalue weighted by Crippen LogP contribution is 2.35. The van der Waals surface area contributed by atoms with Gasteiger partial charge in [-0.3, -0.25) is 9.69 Å². The second-order valence-electron chi connectivity index (χ2n) is 4.71. The quantitative estimate of drug-likeness (QED) is 0.571. The second kappa shape index (κ2) is 4.08. The van der Waals surface area contributed by atoms with Crippen molar-refractivity contribution in [1.82, 2.24) is 10.2 Å². The van der Waals surface area contributed by atoms with Crippen molar-refractivity contribution in [3.05, 3.63) is 0 Å². The Morgan fingerprint density at radius 2 is 2.33 bits per heavy atom. The normalized spacial score (nSPS) is 30.1. The van der Waals surface area contributed by atoms with Crippen LogP contribution in [-0.4, -0.2) is 53.7 Å². The number of nitrogens with one attached hydrogen (secondary N) is 1. The zero-order valence-corrected chi connectivity index (χ0v) is 8.91. The van der Waals surface area contributed by atoms with Crippen LogP contribution in [0.1, 0.15) is 19.3 Å². The molecule has 5 nitrogen and oxygen atoms in total. The molecular weight excluding hydrogens is 194 g/mol. The van der Waals surface area contributed by atoms with Gasteiger partial charge in [0.15, 0.2) is 0 Å². The van der Waals surface area contributed by atoms with Gasteiger partial charge in [0.1, 0.15) is 6.04 Å². The number of hydrogen-bond acceptors (Lipinski definition) is 4. The summed E-state index contributed by atoms with van der Waals surface area (Å²) in [6.07, 6.45) is 3.12. The molecule has 0 aromatic rings. The monoisotopic (exact) mass is 213 g/mol. The molecule has 1 aliphatic carbocycles. The van der Waals surface area contributed by atoms with E-state index in [1.165, 1.54) is 0 Å². The standard InChI is InChI=1S/C10H19N3O2/c11-10(1-2-10)3-5-13-6-4-12-7-8(13)9(14)15/h8,12H,1-7,11H2,(H,14,15). The minimum absolute atomic E-state index is 0.0218. The second-order valence-corrected chi connectivity index (χ2v) is 4.71. The van der Waals surface area contributed by atoms with Crippen molar-refractivity contribution in [2.24, 2.45) is 5.73 Å². The third-order valence-corrected chi connectivity index (χ3v) is 3.43. The van der Waals surface area contributed by atoms with Crippen molar-refractivity contribution in [2.75, 3.05) is 26.2 Å². The molecule has 1 aliphatic heterocycles. The molecule has 15 heavy (non-hydrogen) atoms. The Kier molecular flexibility index (Phi) is 2.95. The van der Waals surface area contributed by atoms with Gasteiger partial charge in [-0.05, 0) is 19.3 Å². The van der Waals surface area contributed by atoms with Crippen molar-refractivity contribution >= 4 is 5.97 Å². The van der Waals surface area contributed by atoms with Crippen LogP contribution in [-0.2, 0) is 4.79 Å². The molecule has 1 saturated carbocycles. The van der Waals surface area contributed by atoms with Crippen LogP contribution in [0.4, 0.5) is 0 Å². The first-order chi connectivity index (χ1) is 7.11. The number of nitrogens with zero attached hydrogens (tertiary/aromatic N) is 1. The molecule has 2 fully saturated rings. The molecule has 1 unspecified atom stereocenters. The molecule has 0 bridgehead atoms. The van der Waals surface area contributed by atoms with E-state index in [1.54, 1.807) is 0 Å². The van der Waals surface area contributed by atoms with Crippen molar-refractivity contribution in [3.63, 3.8) is 0 Å². The van der Waals surface area contributed by atoms with Gasteiger partial charge in [0.25, 0.3) is 0 Å². The summed E-state index contributed by atoms with van der Waals surface area (Å²) in [5, 5.41) is 12.1. The fourth-order valence-electron chi connectivity index (χ4n) is 2.03. The van der Waals surface area contributed by atoms with Gasteiger partial charge in [-0.15, -0.1) is 0 Å². The van der Waals surface area contributed by atoms with Crippen LogP contribution in [0.25, 0.3) is 0 Å².